The Balaban J connectivity index is 1.75. The van der Waals surface area contributed by atoms with Crippen molar-refractivity contribution in [3.8, 4) is 0 Å². The van der Waals surface area contributed by atoms with Gasteiger partial charge < -0.3 is 0 Å². The van der Waals surface area contributed by atoms with Crippen LogP contribution in [-0.2, 0) is 0 Å². The second kappa shape index (κ2) is 7.28. The van der Waals surface area contributed by atoms with Crippen molar-refractivity contribution in [3.05, 3.63) is 80.3 Å². The lowest BCUT2D eigenvalue weighted by atomic mass is 9.59. The third-order valence-corrected chi connectivity index (χ3v) is 5.42. The van der Waals surface area contributed by atoms with Gasteiger partial charge in [0.25, 0.3) is 0 Å². The molecule has 0 unspecified atom stereocenters. The number of hydrogen-bond donors (Lipinski definition) is 0. The minimum Gasteiger partial charge on any atom is -0.223 e. The predicted molar refractivity (Wildman–Crippen MR) is 103 cm³/mol. The van der Waals surface area contributed by atoms with Crippen molar-refractivity contribution < 1.29 is 0 Å². The van der Waals surface area contributed by atoms with Gasteiger partial charge in [-0.05, 0) is 47.3 Å². The van der Waals surface area contributed by atoms with E-state index in [-0.39, 0.29) is 28.3 Å². The molecule has 0 radical (unpaired) electrons. The monoisotopic (exact) mass is 424 g/mol. The van der Waals surface area contributed by atoms with Gasteiger partial charge in [0.15, 0.2) is 0 Å². The maximum absolute atomic E-state index is 6.07. The van der Waals surface area contributed by atoms with Crippen LogP contribution in [0.4, 0.5) is 0 Å². The summed E-state index contributed by atoms with van der Waals surface area (Å²) in [5.74, 6) is 0.445. The average Bonchev–Trinajstić information content (AvgIpc) is 2.53. The molecular weight excluding hydrogens is 414 g/mol. The van der Waals surface area contributed by atoms with E-state index in [4.69, 9.17) is 46.4 Å². The molecule has 1 saturated carbocycles. The zero-order valence-corrected chi connectivity index (χ0v) is 16.3. The molecule has 26 heavy (non-hydrogen) atoms. The summed E-state index contributed by atoms with van der Waals surface area (Å²) < 4.78 is 0. The van der Waals surface area contributed by atoms with Gasteiger partial charge in [-0.25, -0.2) is 19.9 Å². The standard InChI is InChI=1S/C18H12Cl4N4/c19-14-7-12(23-17(21)25-14)10-6-11(13-8-15(20)26-18(22)24-13)16(10)9-4-2-1-3-5-9/h1-5,7-8,10-11,16H,6H2/t10-,11-/m1/s1. The summed E-state index contributed by atoms with van der Waals surface area (Å²) in [6.45, 7) is 0. The molecule has 2 aromatic heterocycles. The van der Waals surface area contributed by atoms with Crippen LogP contribution in [0, 0.1) is 0 Å². The van der Waals surface area contributed by atoms with Gasteiger partial charge in [0, 0.05) is 17.8 Å². The molecule has 1 fully saturated rings. The first kappa shape index (κ1) is 17.9. The second-order valence-electron chi connectivity index (χ2n) is 6.15. The molecule has 0 aliphatic heterocycles. The lowest BCUT2D eigenvalue weighted by Gasteiger charge is -2.44. The third-order valence-electron chi connectivity index (χ3n) is 4.69. The normalized spacial score (nSPS) is 20.0. The molecule has 0 amide bonds. The Bertz CT molecular complexity index is 853. The lowest BCUT2D eigenvalue weighted by Crippen LogP contribution is -2.32. The summed E-state index contributed by atoms with van der Waals surface area (Å²) >= 11 is 24.1. The molecule has 1 aliphatic carbocycles. The first-order valence-electron chi connectivity index (χ1n) is 7.96. The van der Waals surface area contributed by atoms with Gasteiger partial charge in [-0.3, -0.25) is 0 Å². The quantitative estimate of drug-likeness (QED) is 0.385. The summed E-state index contributed by atoms with van der Waals surface area (Å²) in [5, 5.41) is 0.971. The lowest BCUT2D eigenvalue weighted by molar-refractivity contribution is 0.274. The summed E-state index contributed by atoms with van der Waals surface area (Å²) in [5.41, 5.74) is 2.84. The Morgan fingerprint density at radius 3 is 1.65 bits per heavy atom. The Kier molecular flexibility index (Phi) is 5.02. The molecule has 0 saturated heterocycles. The van der Waals surface area contributed by atoms with E-state index in [0.717, 1.165) is 17.8 Å². The van der Waals surface area contributed by atoms with Crippen LogP contribution in [0.3, 0.4) is 0 Å². The molecule has 132 valence electrons. The Morgan fingerprint density at radius 2 is 1.19 bits per heavy atom. The van der Waals surface area contributed by atoms with Crippen LogP contribution < -0.4 is 0 Å². The number of benzene rings is 1. The molecule has 3 aromatic rings. The third kappa shape index (κ3) is 3.52. The van der Waals surface area contributed by atoms with Gasteiger partial charge in [-0.1, -0.05) is 53.5 Å². The fourth-order valence-electron chi connectivity index (χ4n) is 3.59. The van der Waals surface area contributed by atoms with Crippen LogP contribution in [-0.4, -0.2) is 19.9 Å². The second-order valence-corrected chi connectivity index (χ2v) is 7.60. The van der Waals surface area contributed by atoms with E-state index in [9.17, 15) is 0 Å². The van der Waals surface area contributed by atoms with Crippen molar-refractivity contribution in [3.63, 3.8) is 0 Å². The predicted octanol–water partition coefficient (Wildman–Crippen LogP) is 5.94. The topological polar surface area (TPSA) is 51.6 Å². The smallest absolute Gasteiger partial charge is 0.223 e. The molecule has 1 aromatic carbocycles. The summed E-state index contributed by atoms with van der Waals surface area (Å²) in [4.78, 5) is 16.6. The van der Waals surface area contributed by atoms with E-state index < -0.39 is 0 Å². The Morgan fingerprint density at radius 1 is 0.692 bits per heavy atom. The first-order valence-corrected chi connectivity index (χ1v) is 9.47. The molecule has 0 bridgehead atoms. The van der Waals surface area contributed by atoms with E-state index in [1.807, 2.05) is 18.2 Å². The van der Waals surface area contributed by atoms with Crippen LogP contribution in [0.1, 0.15) is 41.1 Å². The molecule has 0 spiro atoms. The van der Waals surface area contributed by atoms with Crippen molar-refractivity contribution in [2.75, 3.05) is 0 Å². The van der Waals surface area contributed by atoms with E-state index in [1.54, 1.807) is 12.1 Å². The van der Waals surface area contributed by atoms with E-state index in [1.165, 1.54) is 5.56 Å². The molecule has 2 atom stereocenters. The van der Waals surface area contributed by atoms with E-state index in [2.05, 4.69) is 32.1 Å². The highest BCUT2D eigenvalue weighted by Crippen LogP contribution is 2.57. The largest absolute Gasteiger partial charge is 0.224 e. The van der Waals surface area contributed by atoms with Gasteiger partial charge >= 0.3 is 0 Å². The maximum atomic E-state index is 6.07. The van der Waals surface area contributed by atoms with Gasteiger partial charge in [0.05, 0.1) is 11.4 Å². The fraction of sp³-hybridized carbons (Fsp3) is 0.222. The first-order chi connectivity index (χ1) is 12.5. The van der Waals surface area contributed by atoms with Crippen LogP contribution in [0.25, 0.3) is 0 Å². The molecular formula is C18H12Cl4N4. The molecule has 2 heterocycles. The van der Waals surface area contributed by atoms with Crippen LogP contribution in [0.2, 0.25) is 20.9 Å². The van der Waals surface area contributed by atoms with Crippen LogP contribution in [0.5, 0.6) is 0 Å². The van der Waals surface area contributed by atoms with Crippen molar-refractivity contribution in [1.82, 2.24) is 19.9 Å². The Hall–Kier alpha value is -1.46. The summed E-state index contributed by atoms with van der Waals surface area (Å²) in [7, 11) is 0. The zero-order valence-electron chi connectivity index (χ0n) is 13.3. The van der Waals surface area contributed by atoms with Gasteiger partial charge in [0.2, 0.25) is 10.6 Å². The number of nitrogens with zero attached hydrogens (tertiary/aromatic N) is 4. The SMILES string of the molecule is Clc1cc([C@H]2C[C@H](c3cc(Cl)nc(Cl)n3)C2c2ccccc2)nc(Cl)n1. The van der Waals surface area contributed by atoms with Crippen molar-refractivity contribution in [1.29, 1.82) is 0 Å². The number of rotatable bonds is 3. The van der Waals surface area contributed by atoms with Gasteiger partial charge in [-0.2, -0.15) is 0 Å². The fourth-order valence-corrected chi connectivity index (χ4v) is 4.44. The molecule has 0 N–H and O–H groups in total. The van der Waals surface area contributed by atoms with Gasteiger partial charge in [0.1, 0.15) is 10.3 Å². The highest BCUT2D eigenvalue weighted by Gasteiger charge is 2.45. The molecule has 4 nitrogen and oxygen atoms in total. The zero-order chi connectivity index (χ0) is 18.3. The number of halogens is 4. The average molecular weight is 426 g/mol. The molecule has 8 heteroatoms. The Labute approximate surface area is 170 Å². The van der Waals surface area contributed by atoms with E-state index in [0.29, 0.717) is 10.3 Å². The van der Waals surface area contributed by atoms with Crippen molar-refractivity contribution in [2.24, 2.45) is 0 Å². The number of hydrogen-bond acceptors (Lipinski definition) is 4. The minimum absolute atomic E-state index is 0.146. The number of aromatic nitrogens is 4. The summed E-state index contributed by atoms with van der Waals surface area (Å²) in [6, 6.07) is 13.7. The highest BCUT2D eigenvalue weighted by atomic mass is 35.5. The highest BCUT2D eigenvalue weighted by molar-refractivity contribution is 6.32. The minimum atomic E-state index is 0.146. The molecule has 4 rings (SSSR count). The van der Waals surface area contributed by atoms with Crippen molar-refractivity contribution in [2.45, 2.75) is 24.2 Å². The van der Waals surface area contributed by atoms with Gasteiger partial charge in [-0.15, -0.1) is 0 Å². The van der Waals surface area contributed by atoms with Crippen LogP contribution in [0.15, 0.2) is 42.5 Å². The maximum Gasteiger partial charge on any atom is 0.224 e. The molecule has 1 aliphatic rings. The summed E-state index contributed by atoms with van der Waals surface area (Å²) in [6.07, 6.45) is 0.826. The van der Waals surface area contributed by atoms with E-state index >= 15 is 0 Å². The van der Waals surface area contributed by atoms with Crippen molar-refractivity contribution >= 4 is 46.4 Å². The van der Waals surface area contributed by atoms with Crippen LogP contribution >= 0.6 is 46.4 Å².